The summed E-state index contributed by atoms with van der Waals surface area (Å²) < 4.78 is 0. The molecule has 1 atom stereocenters. The number of likely N-dealkylation sites (N-methyl/N-ethyl adjacent to an activating group) is 1. The molecule has 0 aliphatic carbocycles. The molecule has 6 nitrogen and oxygen atoms in total. The Morgan fingerprint density at radius 2 is 2.42 bits per heavy atom. The molecule has 1 unspecified atom stereocenters. The van der Waals surface area contributed by atoms with Gasteiger partial charge in [-0.1, -0.05) is 0 Å². The van der Waals surface area contributed by atoms with Gasteiger partial charge in [-0.2, -0.15) is 0 Å². The van der Waals surface area contributed by atoms with E-state index in [4.69, 9.17) is 5.73 Å². The highest BCUT2D eigenvalue weighted by molar-refractivity contribution is 5.86. The summed E-state index contributed by atoms with van der Waals surface area (Å²) in [6, 6.07) is 5.43. The lowest BCUT2D eigenvalue weighted by atomic mass is 10.2. The molecule has 2 aromatic rings. The molecule has 6 heteroatoms. The molecule has 1 aromatic heterocycles. The Hall–Kier alpha value is -2.24. The second-order valence-electron chi connectivity index (χ2n) is 4.80. The maximum atomic E-state index is 11.9. The van der Waals surface area contributed by atoms with Gasteiger partial charge in [-0.05, 0) is 31.0 Å². The van der Waals surface area contributed by atoms with Crippen LogP contribution in [0.5, 0.6) is 0 Å². The lowest BCUT2D eigenvalue weighted by Gasteiger charge is -2.22. The van der Waals surface area contributed by atoms with Crippen LogP contribution in [0.2, 0.25) is 0 Å². The predicted octanol–water partition coefficient (Wildman–Crippen LogP) is 0.860. The van der Waals surface area contributed by atoms with E-state index in [9.17, 15) is 4.79 Å². The van der Waals surface area contributed by atoms with Crippen LogP contribution in [0.15, 0.2) is 18.2 Å². The van der Waals surface area contributed by atoms with Gasteiger partial charge in [0.15, 0.2) is 0 Å². The zero-order chi connectivity index (χ0) is 13.4. The summed E-state index contributed by atoms with van der Waals surface area (Å²) in [6.45, 7) is 0.841. The molecule has 1 aromatic carbocycles. The highest BCUT2D eigenvalue weighted by Crippen LogP contribution is 2.26. The fourth-order valence-corrected chi connectivity index (χ4v) is 2.61. The van der Waals surface area contributed by atoms with Crippen LogP contribution in [0.4, 0.5) is 11.6 Å². The average Bonchev–Trinajstić information content (AvgIpc) is 3.02. The van der Waals surface area contributed by atoms with Crippen molar-refractivity contribution >= 4 is 28.6 Å². The zero-order valence-electron chi connectivity index (χ0n) is 10.8. The summed E-state index contributed by atoms with van der Waals surface area (Å²) in [5, 5.41) is 2.71. The second-order valence-corrected chi connectivity index (χ2v) is 4.80. The number of carbonyl (C=O) groups is 1. The van der Waals surface area contributed by atoms with Gasteiger partial charge in [0.05, 0.1) is 11.0 Å². The minimum absolute atomic E-state index is 0.0393. The molecule has 1 amide bonds. The Kier molecular flexibility index (Phi) is 2.77. The highest BCUT2D eigenvalue weighted by atomic mass is 16.2. The van der Waals surface area contributed by atoms with Crippen LogP contribution in [-0.2, 0) is 4.79 Å². The van der Waals surface area contributed by atoms with Crippen molar-refractivity contribution in [3.05, 3.63) is 18.2 Å². The number of fused-ring (bicyclic) bond motifs is 1. The fourth-order valence-electron chi connectivity index (χ4n) is 2.61. The molecule has 0 spiro atoms. The number of imidazole rings is 1. The van der Waals surface area contributed by atoms with Crippen LogP contribution in [0, 0.1) is 0 Å². The van der Waals surface area contributed by atoms with Gasteiger partial charge in [0.25, 0.3) is 0 Å². The van der Waals surface area contributed by atoms with E-state index < -0.39 is 0 Å². The van der Waals surface area contributed by atoms with E-state index in [0.717, 1.165) is 36.4 Å². The number of aromatic nitrogens is 2. The monoisotopic (exact) mass is 259 g/mol. The third-order valence-corrected chi connectivity index (χ3v) is 3.57. The Bertz CT molecular complexity index is 621. The number of amides is 1. The first-order chi connectivity index (χ1) is 9.19. The van der Waals surface area contributed by atoms with Crippen molar-refractivity contribution in [1.29, 1.82) is 0 Å². The number of aromatic amines is 1. The van der Waals surface area contributed by atoms with Gasteiger partial charge in [0, 0.05) is 19.3 Å². The van der Waals surface area contributed by atoms with E-state index in [1.165, 1.54) is 0 Å². The molecule has 4 N–H and O–H groups in total. The number of benzene rings is 1. The molecule has 0 radical (unpaired) electrons. The van der Waals surface area contributed by atoms with Crippen molar-refractivity contribution in [3.8, 4) is 0 Å². The van der Waals surface area contributed by atoms with Crippen LogP contribution in [-0.4, -0.2) is 35.5 Å². The molecule has 1 aliphatic rings. The van der Waals surface area contributed by atoms with Gasteiger partial charge in [-0.15, -0.1) is 0 Å². The van der Waals surface area contributed by atoms with Crippen LogP contribution < -0.4 is 16.0 Å². The summed E-state index contributed by atoms with van der Waals surface area (Å²) in [5.41, 5.74) is 8.23. The molecular formula is C13H17N5O. The van der Waals surface area contributed by atoms with Crippen molar-refractivity contribution < 1.29 is 4.79 Å². The molecule has 1 saturated heterocycles. The highest BCUT2D eigenvalue weighted by Gasteiger charge is 2.31. The Morgan fingerprint density at radius 3 is 3.21 bits per heavy atom. The lowest BCUT2D eigenvalue weighted by molar-refractivity contribution is -0.121. The number of nitrogens with two attached hydrogens (primary N) is 1. The molecule has 0 bridgehead atoms. The Morgan fingerprint density at radius 1 is 1.58 bits per heavy atom. The summed E-state index contributed by atoms with van der Waals surface area (Å²) in [5.74, 6) is 0.782. The number of nitrogens with one attached hydrogen (secondary N) is 2. The number of carbonyl (C=O) groups excluding carboxylic acids is 1. The van der Waals surface area contributed by atoms with Crippen LogP contribution >= 0.6 is 0 Å². The number of rotatable bonds is 2. The predicted molar refractivity (Wildman–Crippen MR) is 74.9 cm³/mol. The molecule has 0 saturated carbocycles. The Balaban J connectivity index is 1.97. The number of nitrogens with zero attached hydrogens (tertiary/aromatic N) is 2. The molecule has 19 heavy (non-hydrogen) atoms. The summed E-state index contributed by atoms with van der Waals surface area (Å²) in [4.78, 5) is 21.7. The fraction of sp³-hybridized carbons (Fsp3) is 0.385. The maximum absolute atomic E-state index is 11.9. The molecular weight excluding hydrogens is 242 g/mol. The van der Waals surface area contributed by atoms with E-state index in [1.807, 2.05) is 23.1 Å². The summed E-state index contributed by atoms with van der Waals surface area (Å²) >= 11 is 0. The zero-order valence-corrected chi connectivity index (χ0v) is 10.8. The topological polar surface area (TPSA) is 87.0 Å². The third kappa shape index (κ3) is 1.99. The van der Waals surface area contributed by atoms with Gasteiger partial charge < -0.3 is 20.9 Å². The molecule has 1 aliphatic heterocycles. The van der Waals surface area contributed by atoms with E-state index in [2.05, 4.69) is 15.3 Å². The SMILES string of the molecule is CNC(=O)C1CCCN1c1nc2ccc(N)cc2[nH]1. The minimum atomic E-state index is -0.136. The first-order valence-electron chi connectivity index (χ1n) is 6.42. The van der Waals surface area contributed by atoms with E-state index >= 15 is 0 Å². The second kappa shape index (κ2) is 4.46. The van der Waals surface area contributed by atoms with Crippen molar-refractivity contribution in [1.82, 2.24) is 15.3 Å². The number of hydrogen-bond donors (Lipinski definition) is 3. The van der Waals surface area contributed by atoms with Crippen molar-refractivity contribution in [2.75, 3.05) is 24.2 Å². The van der Waals surface area contributed by atoms with E-state index in [0.29, 0.717) is 5.69 Å². The van der Waals surface area contributed by atoms with Gasteiger partial charge >= 0.3 is 0 Å². The average molecular weight is 259 g/mol. The number of nitrogen functional groups attached to an aromatic ring is 1. The van der Waals surface area contributed by atoms with E-state index in [1.54, 1.807) is 7.05 Å². The molecule has 1 fully saturated rings. The van der Waals surface area contributed by atoms with Gasteiger partial charge in [0.2, 0.25) is 11.9 Å². The van der Waals surface area contributed by atoms with Crippen LogP contribution in [0.1, 0.15) is 12.8 Å². The largest absolute Gasteiger partial charge is 0.399 e. The lowest BCUT2D eigenvalue weighted by Crippen LogP contribution is -2.42. The minimum Gasteiger partial charge on any atom is -0.399 e. The molecule has 100 valence electrons. The number of hydrogen-bond acceptors (Lipinski definition) is 4. The van der Waals surface area contributed by atoms with Crippen LogP contribution in [0.25, 0.3) is 11.0 Å². The first-order valence-corrected chi connectivity index (χ1v) is 6.42. The van der Waals surface area contributed by atoms with Crippen LogP contribution in [0.3, 0.4) is 0 Å². The quantitative estimate of drug-likeness (QED) is 0.698. The van der Waals surface area contributed by atoms with E-state index in [-0.39, 0.29) is 11.9 Å². The van der Waals surface area contributed by atoms with Crippen molar-refractivity contribution in [3.63, 3.8) is 0 Å². The number of anilines is 2. The van der Waals surface area contributed by atoms with Crippen molar-refractivity contribution in [2.24, 2.45) is 0 Å². The smallest absolute Gasteiger partial charge is 0.242 e. The Labute approximate surface area is 111 Å². The first kappa shape index (κ1) is 11.8. The standard InChI is InChI=1S/C13H17N5O/c1-15-12(19)11-3-2-6-18(11)13-16-9-5-4-8(14)7-10(9)17-13/h4-5,7,11H,2-3,6,14H2,1H3,(H,15,19)(H,16,17). The van der Waals surface area contributed by atoms with Gasteiger partial charge in [-0.25, -0.2) is 4.98 Å². The normalized spacial score (nSPS) is 19.0. The van der Waals surface area contributed by atoms with Gasteiger partial charge in [-0.3, -0.25) is 4.79 Å². The summed E-state index contributed by atoms with van der Waals surface area (Å²) in [7, 11) is 1.66. The van der Waals surface area contributed by atoms with Gasteiger partial charge in [0.1, 0.15) is 6.04 Å². The summed E-state index contributed by atoms with van der Waals surface area (Å²) in [6.07, 6.45) is 1.86. The number of H-pyrrole nitrogens is 1. The molecule has 3 rings (SSSR count). The molecule has 2 heterocycles. The maximum Gasteiger partial charge on any atom is 0.242 e. The third-order valence-electron chi connectivity index (χ3n) is 3.57. The van der Waals surface area contributed by atoms with Crippen molar-refractivity contribution in [2.45, 2.75) is 18.9 Å².